The average Bonchev–Trinajstić information content (AvgIpc) is 2.92. The van der Waals surface area contributed by atoms with E-state index in [9.17, 15) is 13.2 Å². The molecule has 1 aromatic heterocycles. The number of sulfone groups is 1. The second-order valence-electron chi connectivity index (χ2n) is 4.48. The molecule has 2 aromatic carbocycles. The van der Waals surface area contributed by atoms with Gasteiger partial charge in [0.05, 0.1) is 15.1 Å². The zero-order valence-electron chi connectivity index (χ0n) is 10.9. The van der Waals surface area contributed by atoms with Gasteiger partial charge in [-0.2, -0.15) is 0 Å². The van der Waals surface area contributed by atoms with Crippen molar-refractivity contribution in [2.45, 2.75) is 4.90 Å². The van der Waals surface area contributed by atoms with Crippen molar-refractivity contribution >= 4 is 37.2 Å². The lowest BCUT2D eigenvalue weighted by molar-refractivity contribution is 0.102. The van der Waals surface area contributed by atoms with Crippen molar-refractivity contribution in [2.75, 3.05) is 5.75 Å². The normalized spacial score (nSPS) is 11.6. The van der Waals surface area contributed by atoms with Crippen LogP contribution in [-0.2, 0) is 9.84 Å². The van der Waals surface area contributed by atoms with Crippen LogP contribution in [0, 0.1) is 0 Å². The molecule has 0 N–H and O–H groups in total. The number of rotatable bonds is 4. The number of carbonyl (C=O) groups is 1. The van der Waals surface area contributed by atoms with Gasteiger partial charge in [-0.05, 0) is 24.3 Å². The van der Waals surface area contributed by atoms with Crippen LogP contribution in [0.1, 0.15) is 9.80 Å². The van der Waals surface area contributed by atoms with Crippen LogP contribution in [0.4, 0.5) is 0 Å². The third-order valence-electron chi connectivity index (χ3n) is 2.96. The minimum atomic E-state index is -3.63. The average molecular weight is 317 g/mol. The van der Waals surface area contributed by atoms with Gasteiger partial charge < -0.3 is 0 Å². The van der Waals surface area contributed by atoms with E-state index in [-0.39, 0.29) is 9.90 Å². The Morgan fingerprint density at radius 3 is 2.38 bits per heavy atom. The zero-order valence-corrected chi connectivity index (χ0v) is 12.5. The Morgan fingerprint density at radius 1 is 1.00 bits per heavy atom. The van der Waals surface area contributed by atoms with Gasteiger partial charge in [0.15, 0.2) is 14.8 Å². The highest BCUT2D eigenvalue weighted by Crippen LogP contribution is 2.23. The Labute approximate surface area is 126 Å². The maximum absolute atomic E-state index is 12.2. The molecule has 0 saturated heterocycles. The summed E-state index contributed by atoms with van der Waals surface area (Å²) in [5.74, 6) is -1.03. The van der Waals surface area contributed by atoms with E-state index in [1.165, 1.54) is 23.5 Å². The van der Waals surface area contributed by atoms with E-state index in [4.69, 9.17) is 0 Å². The first kappa shape index (κ1) is 13.9. The molecule has 3 rings (SSSR count). The molecule has 6 heteroatoms. The number of thiazole rings is 1. The minimum Gasteiger partial charge on any atom is -0.290 e. The highest BCUT2D eigenvalue weighted by Gasteiger charge is 2.22. The number of aromatic nitrogens is 1. The molecular weight excluding hydrogens is 306 g/mol. The van der Waals surface area contributed by atoms with Crippen LogP contribution >= 0.6 is 11.3 Å². The molecular formula is C15H11NO3S2. The summed E-state index contributed by atoms with van der Waals surface area (Å²) in [5, 5.41) is 0.232. The van der Waals surface area contributed by atoms with Crippen molar-refractivity contribution in [2.24, 2.45) is 0 Å². The van der Waals surface area contributed by atoms with Crippen molar-refractivity contribution < 1.29 is 13.2 Å². The van der Waals surface area contributed by atoms with E-state index in [0.29, 0.717) is 5.52 Å². The highest BCUT2D eigenvalue weighted by atomic mass is 32.2. The molecule has 0 unspecified atom stereocenters. The summed E-state index contributed by atoms with van der Waals surface area (Å²) >= 11 is 1.22. The number of ketones is 1. The van der Waals surface area contributed by atoms with Gasteiger partial charge in [0.1, 0.15) is 5.75 Å². The molecule has 0 amide bonds. The smallest absolute Gasteiger partial charge is 0.206 e. The summed E-state index contributed by atoms with van der Waals surface area (Å²) in [6, 6.07) is 15.3. The van der Waals surface area contributed by atoms with Crippen LogP contribution in [0.3, 0.4) is 0 Å². The van der Waals surface area contributed by atoms with Crippen LogP contribution in [-0.4, -0.2) is 24.9 Å². The van der Waals surface area contributed by atoms with Gasteiger partial charge in [-0.3, -0.25) is 4.79 Å². The highest BCUT2D eigenvalue weighted by molar-refractivity contribution is 7.92. The van der Waals surface area contributed by atoms with E-state index in [2.05, 4.69) is 4.98 Å². The van der Waals surface area contributed by atoms with Crippen molar-refractivity contribution in [3.63, 3.8) is 0 Å². The van der Waals surface area contributed by atoms with Gasteiger partial charge >= 0.3 is 0 Å². The lowest BCUT2D eigenvalue weighted by Crippen LogP contribution is -2.16. The van der Waals surface area contributed by atoms with Crippen LogP contribution in [0.5, 0.6) is 0 Å². The van der Waals surface area contributed by atoms with E-state index >= 15 is 0 Å². The molecule has 0 radical (unpaired) electrons. The van der Waals surface area contributed by atoms with Gasteiger partial charge in [0.25, 0.3) is 0 Å². The first-order valence-electron chi connectivity index (χ1n) is 6.23. The van der Waals surface area contributed by atoms with E-state index in [1.807, 2.05) is 18.2 Å². The maximum Gasteiger partial charge on any atom is 0.206 e. The van der Waals surface area contributed by atoms with Crippen molar-refractivity contribution in [1.29, 1.82) is 0 Å². The minimum absolute atomic E-state index is 0.152. The second-order valence-corrected chi connectivity index (χ2v) is 7.50. The largest absolute Gasteiger partial charge is 0.290 e. The number of hydrogen-bond donors (Lipinski definition) is 0. The molecule has 0 aliphatic carbocycles. The Kier molecular flexibility index (Phi) is 3.57. The third-order valence-corrected chi connectivity index (χ3v) is 5.67. The number of fused-ring (bicyclic) bond motifs is 1. The first-order chi connectivity index (χ1) is 10.1. The molecule has 0 saturated carbocycles. The molecule has 3 aromatic rings. The molecule has 4 nitrogen and oxygen atoms in total. The van der Waals surface area contributed by atoms with Gasteiger partial charge in [0, 0.05) is 0 Å². The van der Waals surface area contributed by atoms with Crippen LogP contribution in [0.2, 0.25) is 0 Å². The quantitative estimate of drug-likeness (QED) is 0.694. The van der Waals surface area contributed by atoms with Gasteiger partial charge in [-0.1, -0.05) is 30.3 Å². The number of Topliss-reactive ketones (excluding diaryl/α,β-unsaturated/α-hetero) is 1. The Balaban J connectivity index is 1.89. The number of carbonyl (C=O) groups excluding carboxylic acids is 1. The third kappa shape index (κ3) is 2.86. The Morgan fingerprint density at radius 2 is 1.67 bits per heavy atom. The molecule has 0 aliphatic rings. The SMILES string of the molecule is O=C(CS(=O)(=O)c1ccccc1)c1nc2ccccc2s1. The van der Waals surface area contributed by atoms with Crippen LogP contribution in [0.15, 0.2) is 59.5 Å². The number of benzene rings is 2. The van der Waals surface area contributed by atoms with Gasteiger partial charge in [0.2, 0.25) is 5.78 Å². The van der Waals surface area contributed by atoms with Gasteiger partial charge in [-0.25, -0.2) is 13.4 Å². The summed E-state index contributed by atoms with van der Waals surface area (Å²) in [4.78, 5) is 16.5. The summed E-state index contributed by atoms with van der Waals surface area (Å²) in [5.41, 5.74) is 0.711. The van der Waals surface area contributed by atoms with Crippen molar-refractivity contribution in [1.82, 2.24) is 4.98 Å². The Hall–Kier alpha value is -2.05. The van der Waals surface area contributed by atoms with E-state index in [1.54, 1.807) is 24.3 Å². The number of hydrogen-bond acceptors (Lipinski definition) is 5. The molecule has 0 aliphatic heterocycles. The summed E-state index contributed by atoms with van der Waals surface area (Å²) in [6.07, 6.45) is 0. The van der Waals surface area contributed by atoms with Gasteiger partial charge in [-0.15, -0.1) is 11.3 Å². The topological polar surface area (TPSA) is 64.1 Å². The van der Waals surface area contributed by atoms with E-state index < -0.39 is 21.4 Å². The monoisotopic (exact) mass is 317 g/mol. The lowest BCUT2D eigenvalue weighted by Gasteiger charge is -2.01. The molecule has 0 fully saturated rings. The fourth-order valence-corrected chi connectivity index (χ4v) is 4.15. The second kappa shape index (κ2) is 5.38. The van der Waals surface area contributed by atoms with Crippen LogP contribution < -0.4 is 0 Å². The first-order valence-corrected chi connectivity index (χ1v) is 8.70. The van der Waals surface area contributed by atoms with Crippen LogP contribution in [0.25, 0.3) is 10.2 Å². The number of para-hydroxylation sites is 1. The maximum atomic E-state index is 12.2. The molecule has 0 spiro atoms. The molecule has 21 heavy (non-hydrogen) atoms. The van der Waals surface area contributed by atoms with Crippen molar-refractivity contribution in [3.05, 3.63) is 59.6 Å². The molecule has 0 atom stereocenters. The number of nitrogens with zero attached hydrogens (tertiary/aromatic N) is 1. The lowest BCUT2D eigenvalue weighted by atomic mass is 10.3. The zero-order chi connectivity index (χ0) is 14.9. The fraction of sp³-hybridized carbons (Fsp3) is 0.0667. The molecule has 106 valence electrons. The fourth-order valence-electron chi connectivity index (χ4n) is 1.94. The summed E-state index contributed by atoms with van der Waals surface area (Å²) in [7, 11) is -3.63. The Bertz CT molecular complexity index is 866. The standard InChI is InChI=1S/C15H11NO3S2/c17-13(10-21(18,19)11-6-2-1-3-7-11)15-16-12-8-4-5-9-14(12)20-15/h1-9H,10H2. The summed E-state index contributed by atoms with van der Waals surface area (Å²) in [6.45, 7) is 0. The van der Waals surface area contributed by atoms with Crippen molar-refractivity contribution in [3.8, 4) is 0 Å². The molecule has 0 bridgehead atoms. The predicted octanol–water partition coefficient (Wildman–Crippen LogP) is 2.95. The molecule has 1 heterocycles. The van der Waals surface area contributed by atoms with E-state index in [0.717, 1.165) is 4.70 Å². The predicted molar refractivity (Wildman–Crippen MR) is 82.4 cm³/mol. The summed E-state index contributed by atoms with van der Waals surface area (Å²) < 4.78 is 25.2.